The fourth-order valence-electron chi connectivity index (χ4n) is 1.96. The van der Waals surface area contributed by atoms with Gasteiger partial charge in [0.15, 0.2) is 0 Å². The van der Waals surface area contributed by atoms with E-state index in [1.54, 1.807) is 17.5 Å². The Bertz CT molecular complexity index is 842. The zero-order chi connectivity index (χ0) is 15.7. The van der Waals surface area contributed by atoms with Gasteiger partial charge in [-0.3, -0.25) is 0 Å². The Morgan fingerprint density at radius 3 is 2.86 bits per heavy atom. The summed E-state index contributed by atoms with van der Waals surface area (Å²) in [7, 11) is 0. The molecule has 0 bridgehead atoms. The van der Waals surface area contributed by atoms with Crippen molar-refractivity contribution in [3.05, 3.63) is 63.5 Å². The predicted molar refractivity (Wildman–Crippen MR) is 75.4 cm³/mol. The third kappa shape index (κ3) is 2.83. The van der Waals surface area contributed by atoms with Crippen molar-refractivity contribution >= 4 is 11.3 Å². The van der Waals surface area contributed by atoms with Gasteiger partial charge in [0.25, 0.3) is 5.89 Å². The van der Waals surface area contributed by atoms with Gasteiger partial charge >= 0.3 is 5.76 Å². The molecular formula is C14H10F2N2O3S. The molecule has 1 unspecified atom stereocenters. The summed E-state index contributed by atoms with van der Waals surface area (Å²) in [5, 5.41) is 15.8. The Kier molecular flexibility index (Phi) is 3.86. The van der Waals surface area contributed by atoms with Crippen LogP contribution in [0.1, 0.15) is 11.7 Å². The summed E-state index contributed by atoms with van der Waals surface area (Å²) in [6.07, 6.45) is -1.35. The first-order valence-electron chi connectivity index (χ1n) is 6.29. The third-order valence-electron chi connectivity index (χ3n) is 3.01. The van der Waals surface area contributed by atoms with Gasteiger partial charge in [0.2, 0.25) is 0 Å². The van der Waals surface area contributed by atoms with Crippen molar-refractivity contribution in [1.82, 2.24) is 9.78 Å². The van der Waals surface area contributed by atoms with Crippen molar-refractivity contribution in [3.63, 3.8) is 0 Å². The fourth-order valence-corrected chi connectivity index (χ4v) is 2.60. The molecule has 0 radical (unpaired) electrons. The largest absolute Gasteiger partial charge is 0.437 e. The lowest BCUT2D eigenvalue weighted by atomic mass is 10.1. The maximum Gasteiger partial charge on any atom is 0.437 e. The van der Waals surface area contributed by atoms with Crippen LogP contribution in [-0.2, 0) is 6.54 Å². The van der Waals surface area contributed by atoms with Gasteiger partial charge in [-0.2, -0.15) is 4.68 Å². The van der Waals surface area contributed by atoms with E-state index in [0.29, 0.717) is 10.9 Å². The van der Waals surface area contributed by atoms with E-state index in [9.17, 15) is 18.7 Å². The Morgan fingerprint density at radius 1 is 1.36 bits per heavy atom. The lowest BCUT2D eigenvalue weighted by Gasteiger charge is -2.10. The number of hydrogen-bond acceptors (Lipinski definition) is 5. The van der Waals surface area contributed by atoms with E-state index in [1.807, 2.05) is 0 Å². The topological polar surface area (TPSA) is 68.3 Å². The van der Waals surface area contributed by atoms with Crippen molar-refractivity contribution in [3.8, 4) is 10.8 Å². The molecule has 1 N–H and O–H groups in total. The van der Waals surface area contributed by atoms with Gasteiger partial charge in [-0.05, 0) is 17.5 Å². The van der Waals surface area contributed by atoms with E-state index in [-0.39, 0.29) is 18.0 Å². The minimum Gasteiger partial charge on any atom is -0.387 e. The van der Waals surface area contributed by atoms with Crippen molar-refractivity contribution in [2.45, 2.75) is 12.6 Å². The summed E-state index contributed by atoms with van der Waals surface area (Å²) in [6, 6.07) is 6.34. The molecule has 0 amide bonds. The zero-order valence-corrected chi connectivity index (χ0v) is 11.9. The minimum absolute atomic E-state index is 0.117. The minimum atomic E-state index is -1.35. The molecule has 3 rings (SSSR count). The van der Waals surface area contributed by atoms with Crippen molar-refractivity contribution < 1.29 is 18.3 Å². The molecule has 0 aliphatic heterocycles. The van der Waals surface area contributed by atoms with Gasteiger partial charge in [-0.15, -0.1) is 16.4 Å². The number of rotatable bonds is 4. The molecule has 0 aliphatic carbocycles. The third-order valence-corrected chi connectivity index (χ3v) is 3.86. The van der Waals surface area contributed by atoms with Gasteiger partial charge in [-0.25, -0.2) is 13.6 Å². The highest BCUT2D eigenvalue weighted by molar-refractivity contribution is 7.13. The lowest BCUT2D eigenvalue weighted by molar-refractivity contribution is 0.144. The van der Waals surface area contributed by atoms with Crippen LogP contribution >= 0.6 is 11.3 Å². The van der Waals surface area contributed by atoms with Gasteiger partial charge in [0.1, 0.15) is 17.7 Å². The SMILES string of the molecule is O=c1oc(-c2cccs2)nn1CC(O)c1ccc(F)cc1F. The molecule has 3 aromatic rings. The van der Waals surface area contributed by atoms with Crippen LogP contribution in [0.25, 0.3) is 10.8 Å². The smallest absolute Gasteiger partial charge is 0.387 e. The van der Waals surface area contributed by atoms with Crippen LogP contribution in [0.15, 0.2) is 44.9 Å². The average Bonchev–Trinajstić information content (AvgIpc) is 3.09. The van der Waals surface area contributed by atoms with Crippen LogP contribution in [0, 0.1) is 11.6 Å². The van der Waals surface area contributed by atoms with Crippen molar-refractivity contribution in [1.29, 1.82) is 0 Å². The van der Waals surface area contributed by atoms with Crippen LogP contribution in [0.4, 0.5) is 8.78 Å². The summed E-state index contributed by atoms with van der Waals surface area (Å²) in [5.41, 5.74) is -0.117. The Hall–Kier alpha value is -2.32. The van der Waals surface area contributed by atoms with Crippen LogP contribution in [0.5, 0.6) is 0 Å². The van der Waals surface area contributed by atoms with Gasteiger partial charge < -0.3 is 9.52 Å². The standard InChI is InChI=1S/C14H10F2N2O3S/c15-8-3-4-9(10(16)6-8)11(19)7-18-14(20)21-13(17-18)12-2-1-5-22-12/h1-6,11,19H,7H2. The molecule has 0 spiro atoms. The highest BCUT2D eigenvalue weighted by atomic mass is 32.1. The van der Waals surface area contributed by atoms with E-state index in [2.05, 4.69) is 5.10 Å². The summed E-state index contributed by atoms with van der Waals surface area (Å²) in [5.74, 6) is -2.26. The lowest BCUT2D eigenvalue weighted by Crippen LogP contribution is -2.21. The number of nitrogens with zero attached hydrogens (tertiary/aromatic N) is 2. The zero-order valence-electron chi connectivity index (χ0n) is 11.1. The Balaban J connectivity index is 1.85. The monoisotopic (exact) mass is 324 g/mol. The number of halogens is 2. The van der Waals surface area contributed by atoms with E-state index >= 15 is 0 Å². The predicted octanol–water partition coefficient (Wildman–Crippen LogP) is 2.58. The second-order valence-electron chi connectivity index (χ2n) is 4.51. The molecule has 1 aromatic carbocycles. The second-order valence-corrected chi connectivity index (χ2v) is 5.46. The number of aliphatic hydroxyl groups is 1. The first-order chi connectivity index (χ1) is 10.5. The molecule has 0 saturated heterocycles. The maximum atomic E-state index is 13.6. The molecule has 5 nitrogen and oxygen atoms in total. The summed E-state index contributed by atoms with van der Waals surface area (Å²) in [6.45, 7) is -0.295. The highest BCUT2D eigenvalue weighted by Crippen LogP contribution is 2.22. The molecule has 8 heteroatoms. The molecule has 114 valence electrons. The Labute approximate surface area is 127 Å². The first kappa shape index (κ1) is 14.6. The molecular weight excluding hydrogens is 314 g/mol. The number of hydrogen-bond donors (Lipinski definition) is 1. The van der Waals surface area contributed by atoms with E-state index < -0.39 is 23.5 Å². The quantitative estimate of drug-likeness (QED) is 0.801. The number of benzene rings is 1. The molecule has 0 fully saturated rings. The summed E-state index contributed by atoms with van der Waals surface area (Å²) < 4.78 is 32.4. The van der Waals surface area contributed by atoms with Crippen molar-refractivity contribution in [2.24, 2.45) is 0 Å². The molecule has 0 saturated carbocycles. The molecule has 2 aromatic heterocycles. The van der Waals surface area contributed by atoms with E-state index in [1.165, 1.54) is 11.3 Å². The van der Waals surface area contributed by atoms with Crippen LogP contribution in [0.3, 0.4) is 0 Å². The Morgan fingerprint density at radius 2 is 2.18 bits per heavy atom. The number of aliphatic hydroxyl groups excluding tert-OH is 1. The fraction of sp³-hybridized carbons (Fsp3) is 0.143. The second kappa shape index (κ2) is 5.82. The normalized spacial score (nSPS) is 12.5. The molecule has 22 heavy (non-hydrogen) atoms. The summed E-state index contributed by atoms with van der Waals surface area (Å²) >= 11 is 1.34. The average molecular weight is 324 g/mol. The van der Waals surface area contributed by atoms with Crippen LogP contribution in [0.2, 0.25) is 0 Å². The molecule has 0 aliphatic rings. The first-order valence-corrected chi connectivity index (χ1v) is 7.17. The van der Waals surface area contributed by atoms with Crippen molar-refractivity contribution in [2.75, 3.05) is 0 Å². The maximum absolute atomic E-state index is 13.6. The molecule has 2 heterocycles. The summed E-state index contributed by atoms with van der Waals surface area (Å²) in [4.78, 5) is 12.4. The van der Waals surface area contributed by atoms with Gasteiger partial charge in [0, 0.05) is 11.6 Å². The van der Waals surface area contributed by atoms with E-state index in [4.69, 9.17) is 4.42 Å². The highest BCUT2D eigenvalue weighted by Gasteiger charge is 2.18. The van der Waals surface area contributed by atoms with Crippen LogP contribution in [-0.4, -0.2) is 14.9 Å². The van der Waals surface area contributed by atoms with Gasteiger partial charge in [-0.1, -0.05) is 12.1 Å². The molecule has 1 atom stereocenters. The number of thiophene rings is 1. The van der Waals surface area contributed by atoms with Crippen LogP contribution < -0.4 is 5.76 Å². The number of aromatic nitrogens is 2. The van der Waals surface area contributed by atoms with E-state index in [0.717, 1.165) is 16.8 Å². The van der Waals surface area contributed by atoms with Gasteiger partial charge in [0.05, 0.1) is 11.4 Å².